The third-order valence-corrected chi connectivity index (χ3v) is 2.96. The van der Waals surface area contributed by atoms with Crippen LogP contribution >= 0.6 is 0 Å². The number of anilines is 1. The van der Waals surface area contributed by atoms with E-state index in [0.29, 0.717) is 6.42 Å². The third kappa shape index (κ3) is 6.09. The summed E-state index contributed by atoms with van der Waals surface area (Å²) >= 11 is 0. The summed E-state index contributed by atoms with van der Waals surface area (Å²) < 4.78 is 0. The highest BCUT2D eigenvalue weighted by Gasteiger charge is 2.08. The Bertz CT molecular complexity index is 586. The number of nitrogens with zero attached hydrogens (tertiary/aromatic N) is 1. The van der Waals surface area contributed by atoms with Crippen LogP contribution in [0.4, 0.5) is 5.69 Å². The number of rotatable bonds is 8. The largest absolute Gasteiger partial charge is 0.481 e. The number of carboxylic acid groups (broad SMARTS) is 1. The van der Waals surface area contributed by atoms with E-state index in [2.05, 4.69) is 17.6 Å². The maximum atomic E-state index is 11.8. The molecule has 1 rings (SSSR count). The first kappa shape index (κ1) is 17.2. The Labute approximate surface area is 129 Å². The van der Waals surface area contributed by atoms with Crippen molar-refractivity contribution in [3.05, 3.63) is 41.6 Å². The molecule has 0 fully saturated rings. The van der Waals surface area contributed by atoms with Crippen molar-refractivity contribution >= 4 is 17.6 Å². The van der Waals surface area contributed by atoms with E-state index >= 15 is 0 Å². The molecule has 22 heavy (non-hydrogen) atoms. The number of nitriles is 1. The number of hydrogen-bond acceptors (Lipinski definition) is 4. The number of carbonyl (C=O) groups excluding carboxylic acids is 1. The van der Waals surface area contributed by atoms with Crippen LogP contribution in [0.3, 0.4) is 0 Å². The maximum absolute atomic E-state index is 11.8. The number of amides is 1. The zero-order chi connectivity index (χ0) is 16.4. The van der Waals surface area contributed by atoms with Gasteiger partial charge in [-0.1, -0.05) is 19.1 Å². The second-order valence-electron chi connectivity index (χ2n) is 4.62. The number of nitrogens with one attached hydrogen (secondary N) is 2. The van der Waals surface area contributed by atoms with Gasteiger partial charge in [0.1, 0.15) is 11.6 Å². The van der Waals surface area contributed by atoms with Crippen molar-refractivity contribution in [3.63, 3.8) is 0 Å². The fraction of sp³-hybridized carbons (Fsp3) is 0.312. The molecule has 0 atom stereocenters. The number of carboxylic acids is 1. The van der Waals surface area contributed by atoms with Gasteiger partial charge >= 0.3 is 5.97 Å². The molecule has 0 aliphatic carbocycles. The van der Waals surface area contributed by atoms with E-state index in [-0.39, 0.29) is 18.5 Å². The number of aryl methyl sites for hydroxylation is 1. The van der Waals surface area contributed by atoms with Crippen molar-refractivity contribution in [2.45, 2.75) is 26.2 Å². The summed E-state index contributed by atoms with van der Waals surface area (Å²) in [5, 5.41) is 22.9. The Kier molecular flexibility index (Phi) is 7.20. The van der Waals surface area contributed by atoms with E-state index in [0.717, 1.165) is 12.1 Å². The lowest BCUT2D eigenvalue weighted by Gasteiger charge is -2.05. The number of hydrogen-bond donors (Lipinski definition) is 3. The van der Waals surface area contributed by atoms with Crippen molar-refractivity contribution in [3.8, 4) is 6.07 Å². The van der Waals surface area contributed by atoms with Gasteiger partial charge in [0.2, 0.25) is 0 Å². The van der Waals surface area contributed by atoms with Crippen LogP contribution in [-0.4, -0.2) is 23.5 Å². The summed E-state index contributed by atoms with van der Waals surface area (Å²) in [5.74, 6) is -1.44. The van der Waals surface area contributed by atoms with Crippen LogP contribution in [0.25, 0.3) is 0 Å². The van der Waals surface area contributed by atoms with Gasteiger partial charge in [-0.25, -0.2) is 0 Å². The molecule has 1 aromatic carbocycles. The molecule has 0 aliphatic rings. The minimum absolute atomic E-state index is 0.0199. The lowest BCUT2D eigenvalue weighted by atomic mass is 10.1. The molecular weight excluding hydrogens is 282 g/mol. The molecule has 6 heteroatoms. The van der Waals surface area contributed by atoms with Gasteiger partial charge in [-0.3, -0.25) is 9.59 Å². The zero-order valence-corrected chi connectivity index (χ0v) is 12.4. The predicted octanol–water partition coefficient (Wildman–Crippen LogP) is 2.05. The fourth-order valence-electron chi connectivity index (χ4n) is 1.68. The highest BCUT2D eigenvalue weighted by Crippen LogP contribution is 2.10. The third-order valence-electron chi connectivity index (χ3n) is 2.96. The van der Waals surface area contributed by atoms with Gasteiger partial charge in [0.05, 0.1) is 0 Å². The van der Waals surface area contributed by atoms with Crippen molar-refractivity contribution < 1.29 is 14.7 Å². The van der Waals surface area contributed by atoms with Crippen molar-refractivity contribution in [2.24, 2.45) is 0 Å². The van der Waals surface area contributed by atoms with Crippen LogP contribution < -0.4 is 10.6 Å². The molecular formula is C16H19N3O3. The molecule has 0 unspecified atom stereocenters. The second kappa shape index (κ2) is 9.19. The average molecular weight is 301 g/mol. The first-order valence-corrected chi connectivity index (χ1v) is 7.02. The molecule has 0 heterocycles. The van der Waals surface area contributed by atoms with Gasteiger partial charge in [0, 0.05) is 24.9 Å². The molecule has 3 N–H and O–H groups in total. The van der Waals surface area contributed by atoms with Crippen LogP contribution in [0.15, 0.2) is 36.0 Å². The Morgan fingerprint density at radius 1 is 1.32 bits per heavy atom. The van der Waals surface area contributed by atoms with Crippen molar-refractivity contribution in [1.82, 2.24) is 5.32 Å². The normalized spacial score (nSPS) is 10.6. The van der Waals surface area contributed by atoms with Gasteiger partial charge in [0.15, 0.2) is 0 Å². The lowest BCUT2D eigenvalue weighted by Crippen LogP contribution is -2.26. The Hall–Kier alpha value is -2.81. The maximum Gasteiger partial charge on any atom is 0.303 e. The molecule has 6 nitrogen and oxygen atoms in total. The van der Waals surface area contributed by atoms with E-state index in [1.807, 2.05) is 30.3 Å². The zero-order valence-electron chi connectivity index (χ0n) is 12.4. The monoisotopic (exact) mass is 301 g/mol. The van der Waals surface area contributed by atoms with Crippen molar-refractivity contribution in [1.29, 1.82) is 5.26 Å². The van der Waals surface area contributed by atoms with Gasteiger partial charge in [0.25, 0.3) is 5.91 Å². The molecule has 0 bridgehead atoms. The highest BCUT2D eigenvalue weighted by atomic mass is 16.4. The smallest absolute Gasteiger partial charge is 0.303 e. The molecule has 0 radical (unpaired) electrons. The van der Waals surface area contributed by atoms with Gasteiger partial charge in [-0.2, -0.15) is 5.26 Å². The summed E-state index contributed by atoms with van der Waals surface area (Å²) in [6.07, 6.45) is 2.59. The SMILES string of the molecule is CCc1ccc(N/C=C(/C#N)C(=O)NCCCC(=O)O)cc1. The Morgan fingerprint density at radius 2 is 2.00 bits per heavy atom. The van der Waals surface area contributed by atoms with E-state index in [4.69, 9.17) is 10.4 Å². The van der Waals surface area contributed by atoms with Gasteiger partial charge in [-0.15, -0.1) is 0 Å². The van der Waals surface area contributed by atoms with Crippen LogP contribution in [0.2, 0.25) is 0 Å². The molecule has 1 amide bonds. The quantitative estimate of drug-likeness (QED) is 0.387. The summed E-state index contributed by atoms with van der Waals surface area (Å²) in [7, 11) is 0. The highest BCUT2D eigenvalue weighted by molar-refractivity contribution is 5.97. The molecule has 0 saturated carbocycles. The second-order valence-corrected chi connectivity index (χ2v) is 4.62. The molecule has 0 aliphatic heterocycles. The van der Waals surface area contributed by atoms with E-state index in [1.54, 1.807) is 0 Å². The molecule has 1 aromatic rings. The molecule has 116 valence electrons. The summed E-state index contributed by atoms with van der Waals surface area (Å²) in [4.78, 5) is 22.1. The van der Waals surface area contributed by atoms with E-state index < -0.39 is 11.9 Å². The lowest BCUT2D eigenvalue weighted by molar-refractivity contribution is -0.137. The number of benzene rings is 1. The minimum Gasteiger partial charge on any atom is -0.481 e. The van der Waals surface area contributed by atoms with Crippen LogP contribution in [-0.2, 0) is 16.0 Å². The molecule has 0 saturated heterocycles. The Balaban J connectivity index is 2.52. The average Bonchev–Trinajstić information content (AvgIpc) is 2.52. The van der Waals surface area contributed by atoms with E-state index in [1.165, 1.54) is 11.8 Å². The molecule has 0 aromatic heterocycles. The number of carbonyl (C=O) groups is 2. The number of aliphatic carboxylic acids is 1. The van der Waals surface area contributed by atoms with Crippen LogP contribution in [0, 0.1) is 11.3 Å². The summed E-state index contributed by atoms with van der Waals surface area (Å²) in [6, 6.07) is 9.49. The summed E-state index contributed by atoms with van der Waals surface area (Å²) in [6.45, 7) is 2.28. The Morgan fingerprint density at radius 3 is 2.55 bits per heavy atom. The van der Waals surface area contributed by atoms with Crippen LogP contribution in [0.5, 0.6) is 0 Å². The molecule has 0 spiro atoms. The summed E-state index contributed by atoms with van der Waals surface area (Å²) in [5.41, 5.74) is 1.92. The van der Waals surface area contributed by atoms with Crippen LogP contribution in [0.1, 0.15) is 25.3 Å². The predicted molar refractivity (Wildman–Crippen MR) is 83.0 cm³/mol. The minimum atomic E-state index is -0.914. The topological polar surface area (TPSA) is 102 Å². The van der Waals surface area contributed by atoms with Crippen molar-refractivity contribution in [2.75, 3.05) is 11.9 Å². The standard InChI is InChI=1S/C16H19N3O3/c1-2-12-5-7-14(8-6-12)19-11-13(10-17)16(22)18-9-3-4-15(20)21/h5-8,11,19H,2-4,9H2,1H3,(H,18,22)(H,20,21)/b13-11-. The first-order chi connectivity index (χ1) is 10.6. The first-order valence-electron chi connectivity index (χ1n) is 7.02. The van der Waals surface area contributed by atoms with Gasteiger partial charge in [-0.05, 0) is 30.5 Å². The van der Waals surface area contributed by atoms with E-state index in [9.17, 15) is 9.59 Å². The van der Waals surface area contributed by atoms with Gasteiger partial charge < -0.3 is 15.7 Å². The fourth-order valence-corrected chi connectivity index (χ4v) is 1.68.